The van der Waals surface area contributed by atoms with Gasteiger partial charge in [0.25, 0.3) is 0 Å². The fourth-order valence-electron chi connectivity index (χ4n) is 1.72. The molecule has 178 valence electrons. The number of ether oxygens (including phenoxy) is 1. The number of hydrogen-bond acceptors (Lipinski definition) is 2. The molecule has 0 aromatic heterocycles. The molecule has 0 saturated heterocycles. The van der Waals surface area contributed by atoms with Gasteiger partial charge in [-0.15, -0.1) is 0 Å². The van der Waals surface area contributed by atoms with E-state index in [1.54, 1.807) is 0 Å². The highest BCUT2D eigenvalue weighted by Gasteiger charge is 2.88. The Morgan fingerprint density at radius 1 is 0.833 bits per heavy atom. The van der Waals surface area contributed by atoms with Crippen molar-refractivity contribution in [2.24, 2.45) is 0 Å². The van der Waals surface area contributed by atoms with Crippen LogP contribution in [0.3, 0.4) is 0 Å². The number of alkyl halides is 14. The SMILES string of the molecule is C=C(C)C(=O)OC(F)(F)C(F)(F)C(F)(F)C(F)(F)C(F)(F)C(F)CCCC(F)(F)F. The average molecular weight is 478 g/mol. The van der Waals surface area contributed by atoms with Gasteiger partial charge in [0.1, 0.15) is 0 Å². The monoisotopic (exact) mass is 478 g/mol. The average Bonchev–Trinajstić information content (AvgIpc) is 2.51. The van der Waals surface area contributed by atoms with Gasteiger partial charge in [0, 0.05) is 12.0 Å². The van der Waals surface area contributed by atoms with Gasteiger partial charge >= 0.3 is 41.9 Å². The zero-order valence-electron chi connectivity index (χ0n) is 14.5. The van der Waals surface area contributed by atoms with Crippen molar-refractivity contribution in [3.05, 3.63) is 12.2 Å². The lowest BCUT2D eigenvalue weighted by atomic mass is 9.93. The van der Waals surface area contributed by atoms with E-state index in [9.17, 15) is 66.3 Å². The fourth-order valence-corrected chi connectivity index (χ4v) is 1.72. The third-order valence-electron chi connectivity index (χ3n) is 3.45. The second kappa shape index (κ2) is 8.40. The minimum Gasteiger partial charge on any atom is -0.393 e. The van der Waals surface area contributed by atoms with Crippen molar-refractivity contribution in [3.63, 3.8) is 0 Å². The van der Waals surface area contributed by atoms with Crippen molar-refractivity contribution in [1.82, 2.24) is 0 Å². The Hall–Kier alpha value is -1.77. The summed E-state index contributed by atoms with van der Waals surface area (Å²) in [5, 5.41) is 0. The summed E-state index contributed by atoms with van der Waals surface area (Å²) in [6, 6.07) is 0. The van der Waals surface area contributed by atoms with Crippen LogP contribution in [0.25, 0.3) is 0 Å². The van der Waals surface area contributed by atoms with Crippen LogP contribution in [0, 0.1) is 0 Å². The zero-order valence-corrected chi connectivity index (χ0v) is 14.5. The van der Waals surface area contributed by atoms with E-state index in [1.807, 2.05) is 0 Å². The van der Waals surface area contributed by atoms with Crippen molar-refractivity contribution in [2.75, 3.05) is 0 Å². The Labute approximate surface area is 158 Å². The first kappa shape index (κ1) is 28.2. The molecule has 1 atom stereocenters. The quantitative estimate of drug-likeness (QED) is 0.209. The molecule has 0 N–H and O–H groups in total. The minimum atomic E-state index is -7.74. The van der Waals surface area contributed by atoms with Crippen molar-refractivity contribution >= 4 is 5.97 Å². The molecule has 0 amide bonds. The number of rotatable bonds is 10. The molecule has 0 spiro atoms. The Morgan fingerprint density at radius 2 is 1.27 bits per heavy atom. The third kappa shape index (κ3) is 5.28. The highest BCUT2D eigenvalue weighted by Crippen LogP contribution is 2.58. The van der Waals surface area contributed by atoms with Gasteiger partial charge in [-0.1, -0.05) is 6.58 Å². The molecule has 0 aliphatic rings. The van der Waals surface area contributed by atoms with Gasteiger partial charge in [-0.3, -0.25) is 0 Å². The molecule has 0 rings (SSSR count). The molecule has 0 saturated carbocycles. The standard InChI is InChI=1S/C14H12F14O2/c1-6(2)8(29)30-14(27,28)13(25,26)12(23,24)11(21,22)10(19,20)7(15)4-3-5-9(16,17)18/h7H,1,3-5H2,2H3. The maximum absolute atomic E-state index is 13.5. The van der Waals surface area contributed by atoms with Crippen LogP contribution in [0.2, 0.25) is 0 Å². The number of carbonyl (C=O) groups excluding carboxylic acids is 1. The minimum absolute atomic E-state index is 0.548. The second-order valence-electron chi connectivity index (χ2n) is 6.01. The molecular weight excluding hydrogens is 466 g/mol. The maximum Gasteiger partial charge on any atom is 0.473 e. The second-order valence-corrected chi connectivity index (χ2v) is 6.01. The van der Waals surface area contributed by atoms with Gasteiger partial charge in [0.2, 0.25) is 0 Å². The molecular formula is C14H12F14O2. The summed E-state index contributed by atoms with van der Waals surface area (Å²) in [5.74, 6) is -32.1. The molecule has 0 fully saturated rings. The van der Waals surface area contributed by atoms with Crippen molar-refractivity contribution in [1.29, 1.82) is 0 Å². The van der Waals surface area contributed by atoms with Crippen LogP contribution in [-0.4, -0.2) is 48.1 Å². The van der Waals surface area contributed by atoms with Crippen molar-refractivity contribution in [3.8, 4) is 0 Å². The lowest BCUT2D eigenvalue weighted by molar-refractivity contribution is -0.440. The van der Waals surface area contributed by atoms with Gasteiger partial charge < -0.3 is 4.74 Å². The van der Waals surface area contributed by atoms with Gasteiger partial charge in [-0.25, -0.2) is 9.18 Å². The summed E-state index contributed by atoms with van der Waals surface area (Å²) >= 11 is 0. The highest BCUT2D eigenvalue weighted by atomic mass is 19.4. The molecule has 2 nitrogen and oxygen atoms in total. The largest absolute Gasteiger partial charge is 0.473 e. The number of carbonyl (C=O) groups is 1. The first-order chi connectivity index (χ1) is 13.0. The molecule has 0 aliphatic carbocycles. The van der Waals surface area contributed by atoms with Crippen LogP contribution in [0.5, 0.6) is 0 Å². The number of hydrogen-bond donors (Lipinski definition) is 0. The summed E-state index contributed by atoms with van der Waals surface area (Å²) in [6.45, 7) is 3.15. The predicted molar refractivity (Wildman–Crippen MR) is 70.4 cm³/mol. The predicted octanol–water partition coefficient (Wildman–Crippen LogP) is 6.31. The summed E-state index contributed by atoms with van der Waals surface area (Å²) in [5.41, 5.74) is -1.10. The Kier molecular flexibility index (Phi) is 7.90. The topological polar surface area (TPSA) is 26.3 Å². The number of esters is 1. The van der Waals surface area contributed by atoms with Crippen LogP contribution in [0.1, 0.15) is 26.2 Å². The van der Waals surface area contributed by atoms with E-state index in [4.69, 9.17) is 0 Å². The van der Waals surface area contributed by atoms with Gasteiger partial charge in [-0.2, -0.15) is 57.1 Å². The molecule has 30 heavy (non-hydrogen) atoms. The first-order valence-corrected chi connectivity index (χ1v) is 7.44. The van der Waals surface area contributed by atoms with Gasteiger partial charge in [-0.05, 0) is 19.8 Å². The zero-order chi connectivity index (χ0) is 24.6. The molecule has 0 bridgehead atoms. The third-order valence-corrected chi connectivity index (χ3v) is 3.45. The van der Waals surface area contributed by atoms with E-state index in [-0.39, 0.29) is 0 Å². The lowest BCUT2D eigenvalue weighted by Crippen LogP contribution is -2.69. The Morgan fingerprint density at radius 3 is 1.63 bits per heavy atom. The van der Waals surface area contributed by atoms with Crippen LogP contribution >= 0.6 is 0 Å². The molecule has 16 heteroatoms. The van der Waals surface area contributed by atoms with Crippen molar-refractivity contribution in [2.45, 2.75) is 68.3 Å². The van der Waals surface area contributed by atoms with Crippen LogP contribution in [0.4, 0.5) is 61.5 Å². The number of halogens is 14. The van der Waals surface area contributed by atoms with E-state index >= 15 is 0 Å². The lowest BCUT2D eigenvalue weighted by Gasteiger charge is -2.39. The summed E-state index contributed by atoms with van der Waals surface area (Å²) in [4.78, 5) is 10.8. The molecule has 0 aliphatic heterocycles. The van der Waals surface area contributed by atoms with Crippen molar-refractivity contribution < 1.29 is 71.0 Å². The summed E-state index contributed by atoms with van der Waals surface area (Å²) in [7, 11) is 0. The normalized spacial score (nSPS) is 15.7. The van der Waals surface area contributed by atoms with Crippen LogP contribution in [-0.2, 0) is 9.53 Å². The Balaban J connectivity index is 5.89. The van der Waals surface area contributed by atoms with E-state index in [2.05, 4.69) is 11.3 Å². The fraction of sp³-hybridized carbons (Fsp3) is 0.786. The van der Waals surface area contributed by atoms with E-state index in [1.165, 1.54) is 0 Å². The van der Waals surface area contributed by atoms with Crippen LogP contribution in [0.15, 0.2) is 12.2 Å². The van der Waals surface area contributed by atoms with Gasteiger partial charge in [0.15, 0.2) is 6.17 Å². The van der Waals surface area contributed by atoms with Gasteiger partial charge in [0.05, 0.1) is 0 Å². The molecule has 1 unspecified atom stereocenters. The maximum atomic E-state index is 13.5. The summed E-state index contributed by atoms with van der Waals surface area (Å²) < 4.78 is 186. The van der Waals surface area contributed by atoms with E-state index in [0.29, 0.717) is 6.92 Å². The molecule has 0 aromatic carbocycles. The van der Waals surface area contributed by atoms with E-state index in [0.717, 1.165) is 0 Å². The molecule has 0 aromatic rings. The smallest absolute Gasteiger partial charge is 0.393 e. The van der Waals surface area contributed by atoms with E-state index < -0.39 is 73.0 Å². The summed E-state index contributed by atoms with van der Waals surface area (Å²) in [6.07, 6.45) is -22.2. The molecule has 0 heterocycles. The Bertz CT molecular complexity index is 637. The highest BCUT2D eigenvalue weighted by molar-refractivity contribution is 5.87. The van der Waals surface area contributed by atoms with Crippen LogP contribution < -0.4 is 0 Å². The molecule has 0 radical (unpaired) electrons. The first-order valence-electron chi connectivity index (χ1n) is 7.44.